The molecule has 0 radical (unpaired) electrons. The lowest BCUT2D eigenvalue weighted by Crippen LogP contribution is -2.47. The highest BCUT2D eigenvalue weighted by atomic mass is 79.9. The number of ether oxygens (including phenoxy) is 2. The number of nitrogens with zero attached hydrogens (tertiary/aromatic N) is 1. The van der Waals surface area contributed by atoms with E-state index in [1.807, 2.05) is 37.8 Å². The Morgan fingerprint density at radius 3 is 2.56 bits per heavy atom. The number of rotatable bonds is 8. The molecule has 1 aliphatic heterocycles. The zero-order valence-electron chi connectivity index (χ0n) is 16.5. The summed E-state index contributed by atoms with van der Waals surface area (Å²) < 4.78 is 12.5. The van der Waals surface area contributed by atoms with Gasteiger partial charge in [-0.25, -0.2) is 0 Å². The second kappa shape index (κ2) is 9.55. The van der Waals surface area contributed by atoms with E-state index in [0.717, 1.165) is 22.2 Å². The van der Waals surface area contributed by atoms with Crippen molar-refractivity contribution in [1.29, 1.82) is 0 Å². The van der Waals surface area contributed by atoms with Gasteiger partial charge in [-0.1, -0.05) is 6.92 Å². The third kappa shape index (κ3) is 4.63. The molecule has 1 heterocycles. The Balaban J connectivity index is 2.57. The summed E-state index contributed by atoms with van der Waals surface area (Å²) in [6.45, 7) is 11.4. The Kier molecular flexibility index (Phi) is 7.68. The van der Waals surface area contributed by atoms with Crippen LogP contribution >= 0.6 is 28.1 Å². The smallest absolute Gasteiger partial charge is 0.175 e. The van der Waals surface area contributed by atoms with Crippen molar-refractivity contribution >= 4 is 39.0 Å². The molecule has 2 rings (SSSR count). The molecule has 148 valence electrons. The van der Waals surface area contributed by atoms with E-state index in [1.54, 1.807) is 6.92 Å². The number of Topliss-reactive ketones (excluding diaryl/α,β-unsaturated/α-hetero) is 1. The van der Waals surface area contributed by atoms with Crippen molar-refractivity contribution in [2.45, 2.75) is 47.1 Å². The van der Waals surface area contributed by atoms with Crippen molar-refractivity contribution < 1.29 is 14.3 Å². The van der Waals surface area contributed by atoms with E-state index in [1.165, 1.54) is 0 Å². The fraction of sp³-hybridized carbons (Fsp3) is 0.500. The molecule has 0 aromatic heterocycles. The second-order valence-corrected chi connectivity index (χ2v) is 7.53. The van der Waals surface area contributed by atoms with Gasteiger partial charge in [0.15, 0.2) is 22.4 Å². The number of thiocarbonyl (C=S) groups is 1. The zero-order valence-corrected chi connectivity index (χ0v) is 18.9. The largest absolute Gasteiger partial charge is 0.490 e. The number of carbonyl (C=O) groups excluding carboxylic acids is 1. The van der Waals surface area contributed by atoms with Crippen molar-refractivity contribution in [1.82, 2.24) is 10.2 Å². The van der Waals surface area contributed by atoms with Crippen LogP contribution in [-0.4, -0.2) is 35.6 Å². The second-order valence-electron chi connectivity index (χ2n) is 6.29. The molecule has 27 heavy (non-hydrogen) atoms. The Labute approximate surface area is 175 Å². The molecule has 1 aromatic rings. The van der Waals surface area contributed by atoms with Crippen molar-refractivity contribution in [2.24, 2.45) is 0 Å². The molecule has 0 bridgehead atoms. The van der Waals surface area contributed by atoms with Gasteiger partial charge in [-0.3, -0.25) is 4.79 Å². The van der Waals surface area contributed by atoms with Gasteiger partial charge in [0.25, 0.3) is 0 Å². The number of carbonyl (C=O) groups is 1. The Morgan fingerprint density at radius 1 is 1.30 bits per heavy atom. The summed E-state index contributed by atoms with van der Waals surface area (Å²) in [7, 11) is 0. The Hall–Kier alpha value is -1.60. The summed E-state index contributed by atoms with van der Waals surface area (Å²) in [4.78, 5) is 14.4. The van der Waals surface area contributed by atoms with Crippen LogP contribution in [0.1, 0.15) is 52.6 Å². The van der Waals surface area contributed by atoms with Crippen molar-refractivity contribution in [3.8, 4) is 11.5 Å². The normalized spacial score (nSPS) is 17.0. The summed E-state index contributed by atoms with van der Waals surface area (Å²) in [5, 5.41) is 3.93. The van der Waals surface area contributed by atoms with Gasteiger partial charge in [0, 0.05) is 17.8 Å². The number of halogens is 1. The van der Waals surface area contributed by atoms with Gasteiger partial charge in [0.05, 0.1) is 23.7 Å². The summed E-state index contributed by atoms with van der Waals surface area (Å²) in [6, 6.07) is 3.57. The fourth-order valence-electron chi connectivity index (χ4n) is 3.23. The van der Waals surface area contributed by atoms with Crippen LogP contribution in [0.3, 0.4) is 0 Å². The lowest BCUT2D eigenvalue weighted by atomic mass is 9.92. The summed E-state index contributed by atoms with van der Waals surface area (Å²) in [5.74, 6) is 1.36. The third-order valence-corrected chi connectivity index (χ3v) is 5.33. The zero-order chi connectivity index (χ0) is 20.1. The van der Waals surface area contributed by atoms with E-state index in [0.29, 0.717) is 41.9 Å². The highest BCUT2D eigenvalue weighted by Crippen LogP contribution is 2.41. The van der Waals surface area contributed by atoms with E-state index in [-0.39, 0.29) is 11.8 Å². The van der Waals surface area contributed by atoms with Gasteiger partial charge in [-0.2, -0.15) is 0 Å². The monoisotopic (exact) mass is 454 g/mol. The molecule has 0 fully saturated rings. The number of allylic oxidation sites excluding steroid dienone is 1. The predicted molar refractivity (Wildman–Crippen MR) is 115 cm³/mol. The highest BCUT2D eigenvalue weighted by molar-refractivity contribution is 9.10. The van der Waals surface area contributed by atoms with Crippen LogP contribution < -0.4 is 14.8 Å². The first-order valence-electron chi connectivity index (χ1n) is 9.24. The number of ketones is 1. The van der Waals surface area contributed by atoms with Gasteiger partial charge in [-0.15, -0.1) is 0 Å². The summed E-state index contributed by atoms with van der Waals surface area (Å²) >= 11 is 9.12. The lowest BCUT2D eigenvalue weighted by Gasteiger charge is -2.37. The first-order valence-corrected chi connectivity index (χ1v) is 10.4. The third-order valence-electron chi connectivity index (χ3n) is 4.41. The van der Waals surface area contributed by atoms with E-state index in [4.69, 9.17) is 21.7 Å². The quantitative estimate of drug-likeness (QED) is 0.571. The minimum absolute atomic E-state index is 0.0198. The minimum Gasteiger partial charge on any atom is -0.490 e. The molecule has 1 N–H and O–H groups in total. The highest BCUT2D eigenvalue weighted by Gasteiger charge is 2.32. The van der Waals surface area contributed by atoms with Crippen LogP contribution in [0, 0.1) is 0 Å². The first-order chi connectivity index (χ1) is 12.8. The molecule has 7 heteroatoms. The number of hydrogen-bond donors (Lipinski definition) is 1. The van der Waals surface area contributed by atoms with Gasteiger partial charge in [0.1, 0.15) is 0 Å². The standard InChI is InChI=1S/C20H27BrN2O3S/c1-6-9-26-19-15(21)10-14(11-16(19)25-8-3)18-17(13(5)24)12(4)23(7-2)20(27)22-18/h10-11,18H,6-9H2,1-5H3,(H,22,27). The first kappa shape index (κ1) is 21.7. The molecular weight excluding hydrogens is 428 g/mol. The van der Waals surface area contributed by atoms with Crippen LogP contribution in [0.5, 0.6) is 11.5 Å². The van der Waals surface area contributed by atoms with Crippen molar-refractivity contribution in [3.05, 3.63) is 33.4 Å². The van der Waals surface area contributed by atoms with E-state index in [9.17, 15) is 4.79 Å². The van der Waals surface area contributed by atoms with Crippen molar-refractivity contribution in [2.75, 3.05) is 19.8 Å². The fourth-order valence-corrected chi connectivity index (χ4v) is 4.19. The molecule has 5 nitrogen and oxygen atoms in total. The molecule has 1 atom stereocenters. The van der Waals surface area contributed by atoms with Crippen LogP contribution in [-0.2, 0) is 4.79 Å². The molecular formula is C20H27BrN2O3S. The van der Waals surface area contributed by atoms with Crippen molar-refractivity contribution in [3.63, 3.8) is 0 Å². The average molecular weight is 455 g/mol. The topological polar surface area (TPSA) is 50.8 Å². The molecule has 1 aromatic carbocycles. The summed E-state index contributed by atoms with van der Waals surface area (Å²) in [6.07, 6.45) is 0.904. The molecule has 1 aliphatic rings. The number of nitrogens with one attached hydrogen (secondary N) is 1. The van der Waals surface area contributed by atoms with Gasteiger partial charge < -0.3 is 19.7 Å². The van der Waals surface area contributed by atoms with Gasteiger partial charge in [0.2, 0.25) is 0 Å². The molecule has 0 aliphatic carbocycles. The minimum atomic E-state index is -0.325. The van der Waals surface area contributed by atoms with Crippen LogP contribution in [0.4, 0.5) is 0 Å². The average Bonchev–Trinajstić information content (AvgIpc) is 2.60. The Bertz CT molecular complexity index is 764. The van der Waals surface area contributed by atoms with E-state index in [2.05, 4.69) is 28.2 Å². The predicted octanol–water partition coefficient (Wildman–Crippen LogP) is 4.75. The number of hydrogen-bond acceptors (Lipinski definition) is 4. The van der Waals surface area contributed by atoms with Gasteiger partial charge >= 0.3 is 0 Å². The molecule has 0 saturated carbocycles. The molecule has 0 amide bonds. The molecule has 0 spiro atoms. The van der Waals surface area contributed by atoms with Crippen LogP contribution in [0.25, 0.3) is 0 Å². The maximum Gasteiger partial charge on any atom is 0.175 e. The lowest BCUT2D eigenvalue weighted by molar-refractivity contribution is -0.114. The van der Waals surface area contributed by atoms with Crippen LogP contribution in [0.15, 0.2) is 27.9 Å². The SMILES string of the molecule is CCCOc1c(Br)cc(C2NC(=S)N(CC)C(C)=C2C(C)=O)cc1OCC. The molecule has 1 unspecified atom stereocenters. The summed E-state index contributed by atoms with van der Waals surface area (Å²) in [5.41, 5.74) is 2.50. The number of benzene rings is 1. The van der Waals surface area contributed by atoms with E-state index < -0.39 is 0 Å². The Morgan fingerprint density at radius 2 is 2.00 bits per heavy atom. The maximum atomic E-state index is 12.4. The van der Waals surface area contributed by atoms with E-state index >= 15 is 0 Å². The molecule has 0 saturated heterocycles. The van der Waals surface area contributed by atoms with Crippen LogP contribution in [0.2, 0.25) is 0 Å². The maximum absolute atomic E-state index is 12.4. The van der Waals surface area contributed by atoms with Gasteiger partial charge in [-0.05, 0) is 80.0 Å².